The summed E-state index contributed by atoms with van der Waals surface area (Å²) in [4.78, 5) is 22.4. The van der Waals surface area contributed by atoms with Gasteiger partial charge >= 0.3 is 0 Å². The van der Waals surface area contributed by atoms with Crippen LogP contribution in [0.1, 0.15) is 33.2 Å². The van der Waals surface area contributed by atoms with E-state index < -0.39 is 42.1 Å². The van der Waals surface area contributed by atoms with E-state index in [9.17, 15) is 10.1 Å². The first-order valence-corrected chi connectivity index (χ1v) is 13.2. The molecule has 5 rings (SSSR count). The number of piperidine rings is 1. The van der Waals surface area contributed by atoms with Gasteiger partial charge in [-0.3, -0.25) is 4.79 Å². The van der Waals surface area contributed by atoms with Crippen LogP contribution in [0.5, 0.6) is 11.5 Å². The van der Waals surface area contributed by atoms with Crippen molar-refractivity contribution in [3.63, 3.8) is 0 Å². The minimum Gasteiger partial charge on any atom is -0.457 e. The smallest absolute Gasteiger partial charge is 0.267 e. The van der Waals surface area contributed by atoms with E-state index in [1.54, 1.807) is 51.1 Å². The molecule has 0 bridgehead atoms. The third-order valence-corrected chi connectivity index (χ3v) is 6.64. The number of alkyl halides is 2. The molecule has 1 fully saturated rings. The lowest BCUT2D eigenvalue weighted by Crippen LogP contribution is -2.50. The van der Waals surface area contributed by atoms with Crippen molar-refractivity contribution in [1.82, 2.24) is 24.6 Å². The number of allylic oxidation sites excluding steroid dienone is 1. The summed E-state index contributed by atoms with van der Waals surface area (Å²) in [6.07, 6.45) is 1.96. The number of nitrogens with zero attached hydrogens (tertiary/aromatic N) is 6. The third-order valence-electron chi connectivity index (χ3n) is 6.64. The lowest BCUT2D eigenvalue weighted by atomic mass is 9.93. The zero-order valence-corrected chi connectivity index (χ0v) is 23.2. The minimum absolute atomic E-state index is 0.0133. The molecule has 216 valence electrons. The number of benzene rings is 2. The molecule has 2 N–H and O–H groups in total. The number of fused-ring (bicyclic) bond motifs is 1. The van der Waals surface area contributed by atoms with Crippen molar-refractivity contribution in [2.75, 3.05) is 18.8 Å². The van der Waals surface area contributed by atoms with E-state index in [1.807, 2.05) is 12.1 Å². The van der Waals surface area contributed by atoms with E-state index in [0.29, 0.717) is 5.75 Å². The molecule has 0 radical (unpaired) electrons. The molecule has 4 aromatic rings. The van der Waals surface area contributed by atoms with Crippen molar-refractivity contribution >= 4 is 22.8 Å². The molecule has 3 heterocycles. The van der Waals surface area contributed by atoms with Crippen molar-refractivity contribution in [1.29, 1.82) is 5.26 Å². The Balaban J connectivity index is 1.54. The summed E-state index contributed by atoms with van der Waals surface area (Å²) in [7, 11) is 0. The highest BCUT2D eigenvalue weighted by molar-refractivity contribution is 5.99. The molecular weight excluding hydrogens is 547 g/mol. The summed E-state index contributed by atoms with van der Waals surface area (Å²) < 4.78 is 52.6. The van der Waals surface area contributed by atoms with Gasteiger partial charge in [-0.1, -0.05) is 45.0 Å². The van der Waals surface area contributed by atoms with E-state index in [2.05, 4.69) is 15.1 Å². The number of hydrogen-bond acceptors (Lipinski definition) is 7. The van der Waals surface area contributed by atoms with Gasteiger partial charge in [-0.2, -0.15) is 10.4 Å². The van der Waals surface area contributed by atoms with Gasteiger partial charge in [-0.05, 0) is 29.7 Å². The number of anilines is 1. The molecule has 0 aliphatic carbocycles. The number of rotatable bonds is 5. The first-order valence-electron chi connectivity index (χ1n) is 13.2. The Morgan fingerprint density at radius 2 is 1.90 bits per heavy atom. The lowest BCUT2D eigenvalue weighted by Gasteiger charge is -2.37. The lowest BCUT2D eigenvalue weighted by molar-refractivity contribution is -0.140. The van der Waals surface area contributed by atoms with Crippen LogP contribution in [0.15, 0.2) is 66.5 Å². The molecule has 1 atom stereocenters. The molecule has 1 unspecified atom stereocenters. The standard InChI is InChI=1S/C30H28F3N7O2/c1-29(2,3)12-18(14-34)28(41)39-15-19(13-30(32,33)16-39)40-27-24(26(35)36-17-37-27)25(38-40)22-10-9-21(11-23(22)31)42-20-7-5-4-6-8-20/h4-12,17,19H,13,15-16H2,1-3H3,(H2,35,36,37). The molecule has 12 heteroatoms. The molecule has 42 heavy (non-hydrogen) atoms. The summed E-state index contributed by atoms with van der Waals surface area (Å²) in [6.45, 7) is 4.36. The molecule has 1 amide bonds. The Kier molecular flexibility index (Phi) is 7.36. The predicted molar refractivity (Wildman–Crippen MR) is 150 cm³/mol. The average Bonchev–Trinajstić information content (AvgIpc) is 3.31. The second-order valence-corrected chi connectivity index (χ2v) is 11.2. The fraction of sp³-hybridized carbons (Fsp3) is 0.300. The number of ether oxygens (including phenoxy) is 1. The molecule has 2 aromatic carbocycles. The summed E-state index contributed by atoms with van der Waals surface area (Å²) >= 11 is 0. The van der Waals surface area contributed by atoms with Crippen LogP contribution in [0, 0.1) is 22.6 Å². The molecule has 9 nitrogen and oxygen atoms in total. The van der Waals surface area contributed by atoms with Crippen molar-refractivity contribution < 1.29 is 22.7 Å². The number of aromatic nitrogens is 4. The molecule has 0 saturated carbocycles. The topological polar surface area (TPSA) is 123 Å². The molecule has 1 aliphatic heterocycles. The highest BCUT2D eigenvalue weighted by Gasteiger charge is 2.44. The van der Waals surface area contributed by atoms with Gasteiger partial charge in [-0.25, -0.2) is 27.8 Å². The number of likely N-dealkylation sites (tertiary alicyclic amines) is 1. The van der Waals surface area contributed by atoms with Crippen molar-refractivity contribution in [2.45, 2.75) is 39.2 Å². The second kappa shape index (κ2) is 10.8. The van der Waals surface area contributed by atoms with Crippen molar-refractivity contribution in [2.24, 2.45) is 5.41 Å². The van der Waals surface area contributed by atoms with Gasteiger partial charge in [0.1, 0.15) is 46.8 Å². The zero-order chi connectivity index (χ0) is 30.2. The van der Waals surface area contributed by atoms with E-state index in [0.717, 1.165) is 11.2 Å². The summed E-state index contributed by atoms with van der Waals surface area (Å²) in [5.41, 5.74) is 5.62. The van der Waals surface area contributed by atoms with Gasteiger partial charge in [0.2, 0.25) is 0 Å². The first-order chi connectivity index (χ1) is 19.8. The van der Waals surface area contributed by atoms with Crippen LogP contribution < -0.4 is 10.5 Å². The number of halogens is 3. The SMILES string of the molecule is CC(C)(C)C=C(C#N)C(=O)N1CC(n2nc(-c3ccc(Oc4ccccc4)cc3F)c3c(N)ncnc32)CC(F)(F)C1. The fourth-order valence-electron chi connectivity index (χ4n) is 4.95. The van der Waals surface area contributed by atoms with Crippen LogP contribution in [0.3, 0.4) is 0 Å². The number of hydrogen-bond donors (Lipinski definition) is 1. The van der Waals surface area contributed by atoms with E-state index in [4.69, 9.17) is 10.5 Å². The molecule has 1 aliphatic rings. The maximum Gasteiger partial charge on any atom is 0.267 e. The Morgan fingerprint density at radius 3 is 2.57 bits per heavy atom. The van der Waals surface area contributed by atoms with E-state index >= 15 is 13.2 Å². The highest BCUT2D eigenvalue weighted by Crippen LogP contribution is 2.39. The van der Waals surface area contributed by atoms with E-state index in [-0.39, 0.29) is 46.0 Å². The van der Waals surface area contributed by atoms with Crippen LogP contribution in [-0.4, -0.2) is 49.6 Å². The van der Waals surface area contributed by atoms with Crippen LogP contribution >= 0.6 is 0 Å². The predicted octanol–water partition coefficient (Wildman–Crippen LogP) is 5.91. The second-order valence-electron chi connectivity index (χ2n) is 11.2. The molecule has 0 spiro atoms. The van der Waals surface area contributed by atoms with Gasteiger partial charge in [0.15, 0.2) is 5.65 Å². The summed E-state index contributed by atoms with van der Waals surface area (Å²) in [5, 5.41) is 14.3. The summed E-state index contributed by atoms with van der Waals surface area (Å²) in [6, 6.07) is 13.8. The number of para-hydroxylation sites is 1. The third kappa shape index (κ3) is 5.90. The fourth-order valence-corrected chi connectivity index (χ4v) is 4.95. The van der Waals surface area contributed by atoms with Crippen LogP contribution in [0.2, 0.25) is 0 Å². The minimum atomic E-state index is -3.29. The van der Waals surface area contributed by atoms with Gasteiger partial charge in [0.25, 0.3) is 11.8 Å². The largest absolute Gasteiger partial charge is 0.457 e. The van der Waals surface area contributed by atoms with Gasteiger partial charge in [0, 0.05) is 24.6 Å². The highest BCUT2D eigenvalue weighted by atomic mass is 19.3. The Bertz CT molecular complexity index is 1720. The number of nitrogen functional groups attached to an aromatic ring is 1. The number of carbonyl (C=O) groups excluding carboxylic acids is 1. The van der Waals surface area contributed by atoms with Crippen LogP contribution in [0.25, 0.3) is 22.3 Å². The van der Waals surface area contributed by atoms with E-state index in [1.165, 1.54) is 22.9 Å². The van der Waals surface area contributed by atoms with Gasteiger partial charge in [0.05, 0.1) is 18.0 Å². The molecular formula is C30H28F3N7O2. The van der Waals surface area contributed by atoms with Gasteiger partial charge in [-0.15, -0.1) is 0 Å². The number of nitriles is 1. The number of amides is 1. The Labute approximate surface area is 240 Å². The summed E-state index contributed by atoms with van der Waals surface area (Å²) in [5.74, 6) is -4.03. The number of carbonyl (C=O) groups is 1. The zero-order valence-electron chi connectivity index (χ0n) is 23.2. The van der Waals surface area contributed by atoms with Gasteiger partial charge < -0.3 is 15.4 Å². The molecule has 2 aromatic heterocycles. The monoisotopic (exact) mass is 575 g/mol. The normalized spacial score (nSPS) is 17.2. The quantitative estimate of drug-likeness (QED) is 0.232. The number of nitrogens with two attached hydrogens (primary N) is 1. The maximum absolute atomic E-state index is 15.5. The average molecular weight is 576 g/mol. The Hall–Kier alpha value is -4.92. The first kappa shape index (κ1) is 28.6. The van der Waals surface area contributed by atoms with Crippen LogP contribution in [0.4, 0.5) is 19.0 Å². The Morgan fingerprint density at radius 1 is 1.17 bits per heavy atom. The van der Waals surface area contributed by atoms with Crippen molar-refractivity contribution in [3.8, 4) is 28.8 Å². The molecule has 1 saturated heterocycles. The van der Waals surface area contributed by atoms with Crippen molar-refractivity contribution in [3.05, 3.63) is 72.3 Å². The maximum atomic E-state index is 15.5. The van der Waals surface area contributed by atoms with Crippen LogP contribution in [-0.2, 0) is 4.79 Å².